The van der Waals surface area contributed by atoms with Crippen molar-refractivity contribution in [3.8, 4) is 5.69 Å². The van der Waals surface area contributed by atoms with E-state index in [2.05, 4.69) is 9.97 Å². The first-order valence-electron chi connectivity index (χ1n) is 6.84. The van der Waals surface area contributed by atoms with Gasteiger partial charge in [0.05, 0.1) is 22.3 Å². The van der Waals surface area contributed by atoms with Crippen molar-refractivity contribution in [3.63, 3.8) is 0 Å². The highest BCUT2D eigenvalue weighted by Gasteiger charge is 2.17. The Morgan fingerprint density at radius 2 is 2.09 bits per heavy atom. The smallest absolute Gasteiger partial charge is 0.267 e. The van der Waals surface area contributed by atoms with Crippen LogP contribution in [-0.2, 0) is 6.42 Å². The Labute approximate surface area is 131 Å². The topological polar surface area (TPSA) is 47.8 Å². The van der Waals surface area contributed by atoms with Crippen LogP contribution in [0.4, 0.5) is 4.39 Å². The summed E-state index contributed by atoms with van der Waals surface area (Å²) >= 11 is 6.08. The molecule has 0 saturated carbocycles. The Hall–Kier alpha value is -2.27. The zero-order chi connectivity index (χ0) is 15.9. The second kappa shape index (κ2) is 5.50. The molecule has 0 N–H and O–H groups in total. The monoisotopic (exact) mass is 317 g/mol. The van der Waals surface area contributed by atoms with Gasteiger partial charge in [-0.3, -0.25) is 14.3 Å². The van der Waals surface area contributed by atoms with Crippen molar-refractivity contribution < 1.29 is 4.39 Å². The zero-order valence-corrected chi connectivity index (χ0v) is 12.9. The van der Waals surface area contributed by atoms with E-state index in [1.165, 1.54) is 16.7 Å². The van der Waals surface area contributed by atoms with Crippen LogP contribution in [0.3, 0.4) is 0 Å². The van der Waals surface area contributed by atoms with Crippen molar-refractivity contribution in [2.75, 3.05) is 0 Å². The van der Waals surface area contributed by atoms with Crippen LogP contribution >= 0.6 is 11.6 Å². The first kappa shape index (κ1) is 14.7. The Morgan fingerprint density at radius 1 is 1.32 bits per heavy atom. The molecular weight excluding hydrogens is 305 g/mol. The van der Waals surface area contributed by atoms with E-state index in [1.54, 1.807) is 12.4 Å². The first-order valence-corrected chi connectivity index (χ1v) is 7.22. The van der Waals surface area contributed by atoms with Crippen molar-refractivity contribution in [2.45, 2.75) is 20.3 Å². The zero-order valence-electron chi connectivity index (χ0n) is 12.1. The van der Waals surface area contributed by atoms with E-state index in [0.29, 0.717) is 17.9 Å². The van der Waals surface area contributed by atoms with Crippen LogP contribution in [0.25, 0.3) is 16.6 Å². The highest BCUT2D eigenvalue weighted by molar-refractivity contribution is 6.35. The fraction of sp³-hybridized carbons (Fsp3) is 0.188. The predicted molar refractivity (Wildman–Crippen MR) is 84.2 cm³/mol. The molecular formula is C16H13ClFN3O. The summed E-state index contributed by atoms with van der Waals surface area (Å²) in [6.07, 6.45) is 3.75. The Bertz CT molecular complexity index is 937. The van der Waals surface area contributed by atoms with Gasteiger partial charge in [-0.1, -0.05) is 18.5 Å². The van der Waals surface area contributed by atoms with Crippen LogP contribution in [0, 0.1) is 12.7 Å². The van der Waals surface area contributed by atoms with Crippen molar-refractivity contribution in [2.24, 2.45) is 0 Å². The second-order valence-electron chi connectivity index (χ2n) is 5.00. The van der Waals surface area contributed by atoms with Crippen LogP contribution in [-0.4, -0.2) is 14.5 Å². The molecule has 22 heavy (non-hydrogen) atoms. The number of pyridine rings is 1. The summed E-state index contributed by atoms with van der Waals surface area (Å²) in [5, 5.41) is 0.270. The summed E-state index contributed by atoms with van der Waals surface area (Å²) in [5.74, 6) is -0.0909. The molecule has 6 heteroatoms. The molecule has 0 bridgehead atoms. The Balaban J connectivity index is 2.47. The van der Waals surface area contributed by atoms with Crippen LogP contribution in [0.2, 0.25) is 5.02 Å². The van der Waals surface area contributed by atoms with Crippen molar-refractivity contribution in [1.29, 1.82) is 0 Å². The van der Waals surface area contributed by atoms with Gasteiger partial charge in [0.15, 0.2) is 0 Å². The van der Waals surface area contributed by atoms with Gasteiger partial charge in [-0.25, -0.2) is 9.37 Å². The first-order chi connectivity index (χ1) is 10.5. The summed E-state index contributed by atoms with van der Waals surface area (Å²) in [6.45, 7) is 3.74. The summed E-state index contributed by atoms with van der Waals surface area (Å²) < 4.78 is 15.4. The van der Waals surface area contributed by atoms with E-state index >= 15 is 0 Å². The lowest BCUT2D eigenvalue weighted by molar-refractivity contribution is 0.634. The summed E-state index contributed by atoms with van der Waals surface area (Å²) in [5.41, 5.74) is 1.12. The van der Waals surface area contributed by atoms with E-state index in [0.717, 1.165) is 5.56 Å². The number of fused-ring (bicyclic) bond motifs is 1. The molecule has 0 amide bonds. The number of aromatic nitrogens is 3. The minimum absolute atomic E-state index is 0.00575. The third-order valence-electron chi connectivity index (χ3n) is 3.43. The van der Waals surface area contributed by atoms with E-state index in [1.807, 2.05) is 19.9 Å². The van der Waals surface area contributed by atoms with Crippen molar-refractivity contribution in [1.82, 2.24) is 14.5 Å². The van der Waals surface area contributed by atoms with Gasteiger partial charge in [0.2, 0.25) is 0 Å². The third kappa shape index (κ3) is 2.27. The number of aryl methyl sites for hydroxylation is 2. The SMILES string of the molecule is CCc1nc2c(F)ccc(Cl)c2c(=O)n1-c1cncc(C)c1. The van der Waals surface area contributed by atoms with Gasteiger partial charge in [0.1, 0.15) is 17.2 Å². The number of hydrogen-bond donors (Lipinski definition) is 0. The van der Waals surface area contributed by atoms with Gasteiger partial charge in [-0.15, -0.1) is 0 Å². The molecule has 0 saturated heterocycles. The molecule has 0 aliphatic rings. The Kier molecular flexibility index (Phi) is 3.66. The molecule has 2 aromatic heterocycles. The maximum absolute atomic E-state index is 14.0. The molecule has 0 fully saturated rings. The molecule has 3 rings (SSSR count). The maximum Gasteiger partial charge on any atom is 0.267 e. The molecule has 0 atom stereocenters. The fourth-order valence-electron chi connectivity index (χ4n) is 2.43. The molecule has 0 spiro atoms. The van der Waals surface area contributed by atoms with E-state index in [9.17, 15) is 9.18 Å². The maximum atomic E-state index is 14.0. The molecule has 3 aromatic rings. The minimum Gasteiger partial charge on any atom is -0.268 e. The molecule has 2 heterocycles. The van der Waals surface area contributed by atoms with Gasteiger partial charge >= 0.3 is 0 Å². The van der Waals surface area contributed by atoms with Crippen LogP contribution in [0.15, 0.2) is 35.4 Å². The van der Waals surface area contributed by atoms with Gasteiger partial charge in [-0.2, -0.15) is 0 Å². The van der Waals surface area contributed by atoms with Gasteiger partial charge < -0.3 is 0 Å². The normalized spacial score (nSPS) is 11.1. The standard InChI is InChI=1S/C16H13ClFN3O/c1-3-13-20-15-12(18)5-4-11(17)14(15)16(22)21(13)10-6-9(2)7-19-8-10/h4-8H,3H2,1-2H3. The molecule has 0 radical (unpaired) electrons. The summed E-state index contributed by atoms with van der Waals surface area (Å²) in [7, 11) is 0. The van der Waals surface area contributed by atoms with Gasteiger partial charge in [0.25, 0.3) is 5.56 Å². The lowest BCUT2D eigenvalue weighted by Gasteiger charge is -2.13. The molecule has 0 aliphatic carbocycles. The molecule has 0 unspecified atom stereocenters. The van der Waals surface area contributed by atoms with Gasteiger partial charge in [-0.05, 0) is 30.7 Å². The number of halogens is 2. The highest BCUT2D eigenvalue weighted by Crippen LogP contribution is 2.23. The Morgan fingerprint density at radius 3 is 2.77 bits per heavy atom. The van der Waals surface area contributed by atoms with Gasteiger partial charge in [0, 0.05) is 12.6 Å². The predicted octanol–water partition coefficient (Wildman–Crippen LogP) is 3.44. The van der Waals surface area contributed by atoms with E-state index in [4.69, 9.17) is 11.6 Å². The molecule has 0 aliphatic heterocycles. The number of benzene rings is 1. The van der Waals surface area contributed by atoms with Crippen molar-refractivity contribution in [3.05, 3.63) is 63.2 Å². The molecule has 112 valence electrons. The quantitative estimate of drug-likeness (QED) is 0.727. The van der Waals surface area contributed by atoms with E-state index < -0.39 is 11.4 Å². The van der Waals surface area contributed by atoms with Crippen LogP contribution in [0.5, 0.6) is 0 Å². The van der Waals surface area contributed by atoms with Crippen LogP contribution in [0.1, 0.15) is 18.3 Å². The summed E-state index contributed by atoms with van der Waals surface area (Å²) in [4.78, 5) is 21.2. The lowest BCUT2D eigenvalue weighted by atomic mass is 10.2. The number of rotatable bonds is 2. The van der Waals surface area contributed by atoms with E-state index in [-0.39, 0.29) is 15.9 Å². The largest absolute Gasteiger partial charge is 0.268 e. The fourth-order valence-corrected chi connectivity index (χ4v) is 2.66. The second-order valence-corrected chi connectivity index (χ2v) is 5.40. The average molecular weight is 318 g/mol. The molecule has 4 nitrogen and oxygen atoms in total. The molecule has 1 aromatic carbocycles. The van der Waals surface area contributed by atoms with Crippen molar-refractivity contribution >= 4 is 22.5 Å². The third-order valence-corrected chi connectivity index (χ3v) is 3.74. The summed E-state index contributed by atoms with van der Waals surface area (Å²) in [6, 6.07) is 4.41. The number of hydrogen-bond acceptors (Lipinski definition) is 3. The highest BCUT2D eigenvalue weighted by atomic mass is 35.5. The lowest BCUT2D eigenvalue weighted by Crippen LogP contribution is -2.24. The number of nitrogens with zero attached hydrogens (tertiary/aromatic N) is 3. The average Bonchev–Trinajstić information content (AvgIpc) is 2.50. The van der Waals surface area contributed by atoms with Crippen LogP contribution < -0.4 is 5.56 Å². The minimum atomic E-state index is -0.555.